The molecule has 198 valence electrons. The molecular weight excluding hydrogens is 525 g/mol. The second-order valence-corrected chi connectivity index (χ2v) is 11.9. The normalized spacial score (nSPS) is 23.8. The molecule has 2 saturated carbocycles. The molecule has 3 heterocycles. The SMILES string of the molecule is O=C(O)C12C[C@@H](c3cccc(C(F)(F)F)c3)C1Sc1c(C3CC3)c(Cc3cncc4ccccc34)cc(=O)n12. The van der Waals surface area contributed by atoms with E-state index in [1.165, 1.54) is 22.4 Å². The van der Waals surface area contributed by atoms with Gasteiger partial charge in [-0.1, -0.05) is 42.5 Å². The van der Waals surface area contributed by atoms with Gasteiger partial charge in [0.15, 0.2) is 5.54 Å². The smallest absolute Gasteiger partial charge is 0.416 e. The van der Waals surface area contributed by atoms with Crippen LogP contribution in [-0.4, -0.2) is 25.9 Å². The number of rotatable bonds is 5. The fraction of sp³-hybridized carbons (Fsp3) is 0.300. The zero-order chi connectivity index (χ0) is 27.1. The lowest BCUT2D eigenvalue weighted by Crippen LogP contribution is -2.61. The van der Waals surface area contributed by atoms with E-state index in [1.807, 2.05) is 30.5 Å². The van der Waals surface area contributed by atoms with Crippen molar-refractivity contribution in [3.63, 3.8) is 0 Å². The Labute approximate surface area is 225 Å². The first-order valence-electron chi connectivity index (χ1n) is 12.9. The van der Waals surface area contributed by atoms with Crippen molar-refractivity contribution in [2.24, 2.45) is 0 Å². The van der Waals surface area contributed by atoms with E-state index in [0.717, 1.165) is 52.4 Å². The third kappa shape index (κ3) is 3.66. The largest absolute Gasteiger partial charge is 0.479 e. The van der Waals surface area contributed by atoms with Gasteiger partial charge >= 0.3 is 12.1 Å². The summed E-state index contributed by atoms with van der Waals surface area (Å²) in [7, 11) is 0. The minimum atomic E-state index is -4.49. The summed E-state index contributed by atoms with van der Waals surface area (Å²) < 4.78 is 41.7. The van der Waals surface area contributed by atoms with Crippen molar-refractivity contribution in [3.05, 3.63) is 105 Å². The number of halogens is 3. The maximum Gasteiger partial charge on any atom is 0.416 e. The van der Waals surface area contributed by atoms with Crippen molar-refractivity contribution in [2.45, 2.75) is 59.5 Å². The van der Waals surface area contributed by atoms with Crippen LogP contribution in [0.1, 0.15) is 58.9 Å². The van der Waals surface area contributed by atoms with Crippen LogP contribution in [0.15, 0.2) is 76.8 Å². The average molecular weight is 549 g/mol. The summed E-state index contributed by atoms with van der Waals surface area (Å²) >= 11 is 1.35. The van der Waals surface area contributed by atoms with Crippen LogP contribution in [0.3, 0.4) is 0 Å². The molecule has 2 aliphatic carbocycles. The molecule has 0 bridgehead atoms. The van der Waals surface area contributed by atoms with Gasteiger partial charge in [-0.25, -0.2) is 4.79 Å². The maximum absolute atomic E-state index is 13.6. The monoisotopic (exact) mass is 548 g/mol. The van der Waals surface area contributed by atoms with Crippen molar-refractivity contribution in [1.29, 1.82) is 0 Å². The molecule has 2 aromatic carbocycles. The summed E-state index contributed by atoms with van der Waals surface area (Å²) in [5.41, 5.74) is 0.712. The maximum atomic E-state index is 13.6. The van der Waals surface area contributed by atoms with E-state index in [1.54, 1.807) is 18.3 Å². The van der Waals surface area contributed by atoms with E-state index in [-0.39, 0.29) is 17.9 Å². The van der Waals surface area contributed by atoms with Crippen molar-refractivity contribution in [1.82, 2.24) is 9.55 Å². The van der Waals surface area contributed by atoms with Crippen molar-refractivity contribution in [2.75, 3.05) is 0 Å². The number of pyridine rings is 2. The van der Waals surface area contributed by atoms with E-state index in [9.17, 15) is 27.9 Å². The number of hydrogen-bond acceptors (Lipinski definition) is 4. The molecule has 4 aromatic rings. The Balaban J connectivity index is 1.33. The summed E-state index contributed by atoms with van der Waals surface area (Å²) in [5.74, 6) is -1.30. The molecule has 2 aromatic heterocycles. The molecule has 7 rings (SSSR count). The minimum absolute atomic E-state index is 0.0743. The van der Waals surface area contributed by atoms with Crippen LogP contribution in [0.2, 0.25) is 0 Å². The van der Waals surface area contributed by atoms with Gasteiger partial charge in [0.1, 0.15) is 0 Å². The Morgan fingerprint density at radius 3 is 2.62 bits per heavy atom. The van der Waals surface area contributed by atoms with Crippen LogP contribution in [0.5, 0.6) is 0 Å². The second kappa shape index (κ2) is 8.45. The molecule has 1 aliphatic heterocycles. The second-order valence-electron chi connectivity index (χ2n) is 10.7. The first-order valence-corrected chi connectivity index (χ1v) is 13.7. The van der Waals surface area contributed by atoms with Crippen molar-refractivity contribution in [3.8, 4) is 0 Å². The molecule has 9 heteroatoms. The van der Waals surface area contributed by atoms with Gasteiger partial charge in [-0.05, 0) is 58.9 Å². The molecular formula is C30H23F3N2O3S. The first-order chi connectivity index (χ1) is 18.7. The van der Waals surface area contributed by atoms with Crippen LogP contribution < -0.4 is 5.56 Å². The Hall–Kier alpha value is -3.59. The van der Waals surface area contributed by atoms with E-state index in [2.05, 4.69) is 4.98 Å². The number of alkyl halides is 3. The minimum Gasteiger partial charge on any atom is -0.479 e. The predicted octanol–water partition coefficient (Wildman–Crippen LogP) is 6.33. The third-order valence-corrected chi connectivity index (χ3v) is 10.0. The van der Waals surface area contributed by atoms with Gasteiger partial charge in [-0.3, -0.25) is 14.3 Å². The fourth-order valence-corrected chi connectivity index (χ4v) is 8.35. The molecule has 1 N–H and O–H groups in total. The molecule has 0 saturated heterocycles. The zero-order valence-corrected chi connectivity index (χ0v) is 21.4. The zero-order valence-electron chi connectivity index (χ0n) is 20.6. The van der Waals surface area contributed by atoms with Crippen LogP contribution in [0.4, 0.5) is 13.2 Å². The first kappa shape index (κ1) is 24.5. The van der Waals surface area contributed by atoms with Crippen LogP contribution in [0.25, 0.3) is 10.8 Å². The third-order valence-electron chi connectivity index (χ3n) is 8.43. The highest BCUT2D eigenvalue weighted by Gasteiger charge is 2.66. The lowest BCUT2D eigenvalue weighted by molar-refractivity contribution is -0.153. The molecule has 3 atom stereocenters. The number of aliphatic carboxylic acids is 1. The van der Waals surface area contributed by atoms with Gasteiger partial charge in [0.25, 0.3) is 5.56 Å². The highest BCUT2D eigenvalue weighted by atomic mass is 32.2. The van der Waals surface area contributed by atoms with Crippen LogP contribution in [-0.2, 0) is 22.9 Å². The Bertz CT molecular complexity index is 1720. The Kier molecular flexibility index (Phi) is 5.30. The number of benzene rings is 2. The Morgan fingerprint density at radius 1 is 1.08 bits per heavy atom. The number of fused-ring (bicyclic) bond motifs is 4. The average Bonchev–Trinajstić information content (AvgIpc) is 3.69. The van der Waals surface area contributed by atoms with Gasteiger partial charge < -0.3 is 5.11 Å². The van der Waals surface area contributed by atoms with E-state index in [0.29, 0.717) is 17.0 Å². The van der Waals surface area contributed by atoms with Crippen LogP contribution >= 0.6 is 11.8 Å². The number of hydrogen-bond donors (Lipinski definition) is 1. The predicted molar refractivity (Wildman–Crippen MR) is 141 cm³/mol. The number of carbonyl (C=O) groups is 1. The van der Waals surface area contributed by atoms with E-state index >= 15 is 0 Å². The summed E-state index contributed by atoms with van der Waals surface area (Å²) in [4.78, 5) is 30.8. The topological polar surface area (TPSA) is 72.2 Å². The van der Waals surface area contributed by atoms with Crippen molar-refractivity contribution < 1.29 is 23.1 Å². The number of carboxylic acids is 1. The standard InChI is InChI=1S/C30H23F3N2O3S/c31-30(32,33)21-6-3-5-17(11-21)23-13-29(28(37)38)26(23)39-27-25(16-8-9-16)19(12-24(36)35(27)29)10-20-15-34-14-18-4-1-2-7-22(18)20/h1-7,11-12,14-16,23,26H,8-10,13H2,(H,37,38)/t23-,26?,29?/m0/s1. The van der Waals surface area contributed by atoms with Gasteiger partial charge in [0.2, 0.25) is 0 Å². The summed E-state index contributed by atoms with van der Waals surface area (Å²) in [6.07, 6.45) is 1.59. The van der Waals surface area contributed by atoms with E-state index < -0.39 is 34.4 Å². The molecule has 39 heavy (non-hydrogen) atoms. The lowest BCUT2D eigenvalue weighted by Gasteiger charge is -2.48. The summed E-state index contributed by atoms with van der Waals surface area (Å²) in [6.45, 7) is 0. The fourth-order valence-electron chi connectivity index (χ4n) is 6.42. The Morgan fingerprint density at radius 2 is 1.87 bits per heavy atom. The van der Waals surface area contributed by atoms with Gasteiger partial charge in [-0.15, -0.1) is 11.8 Å². The van der Waals surface area contributed by atoms with Crippen molar-refractivity contribution >= 4 is 28.5 Å². The molecule has 5 nitrogen and oxygen atoms in total. The molecule has 3 aliphatic rings. The summed E-state index contributed by atoms with van der Waals surface area (Å²) in [6, 6.07) is 14.6. The molecule has 2 fully saturated rings. The molecule has 0 spiro atoms. The summed E-state index contributed by atoms with van der Waals surface area (Å²) in [5, 5.41) is 12.6. The van der Waals surface area contributed by atoms with Gasteiger partial charge in [0.05, 0.1) is 15.8 Å². The van der Waals surface area contributed by atoms with Gasteiger partial charge in [-0.2, -0.15) is 13.2 Å². The number of thioether (sulfide) groups is 1. The van der Waals surface area contributed by atoms with Gasteiger partial charge in [0, 0.05) is 36.2 Å². The molecule has 2 unspecified atom stereocenters. The van der Waals surface area contributed by atoms with Crippen LogP contribution in [0, 0.1) is 0 Å². The molecule has 0 radical (unpaired) electrons. The lowest BCUT2D eigenvalue weighted by atomic mass is 9.64. The van der Waals surface area contributed by atoms with E-state index in [4.69, 9.17) is 0 Å². The number of nitrogens with zero attached hydrogens (tertiary/aromatic N) is 2. The molecule has 0 amide bonds. The quantitative estimate of drug-likeness (QED) is 0.316. The highest BCUT2D eigenvalue weighted by Crippen LogP contribution is 2.64. The highest BCUT2D eigenvalue weighted by molar-refractivity contribution is 8.00. The number of aromatic nitrogens is 2. The number of carboxylic acid groups (broad SMARTS) is 1.